The molecule has 8 nitrogen and oxygen atoms in total. The van der Waals surface area contributed by atoms with Crippen molar-refractivity contribution >= 4 is 23.7 Å². The van der Waals surface area contributed by atoms with Gasteiger partial charge in [0.15, 0.2) is 11.5 Å². The summed E-state index contributed by atoms with van der Waals surface area (Å²) < 4.78 is 15.8. The van der Waals surface area contributed by atoms with Gasteiger partial charge in [-0.05, 0) is 36.8 Å². The highest BCUT2D eigenvalue weighted by atomic mass is 16.5. The Morgan fingerprint density at radius 2 is 1.62 bits per heavy atom. The third-order valence-corrected chi connectivity index (χ3v) is 3.97. The number of methoxy groups -OCH3 is 3. The standard InChI is InChI=1S/C21H25N3O5/c1-14-6-5-7-16(10-14)23-19(25)8-9-20(26)24-22-13-15-11-17(27-2)21(29-4)18(12-15)28-3/h5-7,10-13H,8-9H2,1-4H3,(H,23,25)(H,24,26). The van der Waals surface area contributed by atoms with Gasteiger partial charge in [-0.15, -0.1) is 0 Å². The molecule has 2 aromatic carbocycles. The Morgan fingerprint density at radius 1 is 0.966 bits per heavy atom. The summed E-state index contributed by atoms with van der Waals surface area (Å²) in [6.45, 7) is 1.94. The van der Waals surface area contributed by atoms with Gasteiger partial charge >= 0.3 is 0 Å². The number of nitrogens with zero attached hydrogens (tertiary/aromatic N) is 1. The second-order valence-corrected chi connectivity index (χ2v) is 6.17. The van der Waals surface area contributed by atoms with Crippen molar-refractivity contribution in [3.8, 4) is 17.2 Å². The van der Waals surface area contributed by atoms with Gasteiger partial charge in [0.2, 0.25) is 17.6 Å². The van der Waals surface area contributed by atoms with Crippen LogP contribution < -0.4 is 25.0 Å². The first-order valence-corrected chi connectivity index (χ1v) is 8.95. The van der Waals surface area contributed by atoms with E-state index in [2.05, 4.69) is 15.8 Å². The zero-order chi connectivity index (χ0) is 21.2. The van der Waals surface area contributed by atoms with Crippen molar-refractivity contribution in [2.75, 3.05) is 26.6 Å². The number of carbonyl (C=O) groups is 2. The summed E-state index contributed by atoms with van der Waals surface area (Å²) in [5, 5.41) is 6.67. The molecule has 0 radical (unpaired) electrons. The molecule has 0 aromatic heterocycles. The van der Waals surface area contributed by atoms with Gasteiger partial charge < -0.3 is 19.5 Å². The van der Waals surface area contributed by atoms with Crippen molar-refractivity contribution in [2.45, 2.75) is 19.8 Å². The predicted octanol–water partition coefficient (Wildman–Crippen LogP) is 2.89. The molecule has 0 bridgehead atoms. The first kappa shape index (κ1) is 21.7. The molecule has 154 valence electrons. The van der Waals surface area contributed by atoms with E-state index in [1.807, 2.05) is 25.1 Å². The summed E-state index contributed by atoms with van der Waals surface area (Å²) in [7, 11) is 4.55. The van der Waals surface area contributed by atoms with Crippen LogP contribution in [-0.2, 0) is 9.59 Å². The smallest absolute Gasteiger partial charge is 0.240 e. The van der Waals surface area contributed by atoms with Crippen molar-refractivity contribution in [1.82, 2.24) is 5.43 Å². The van der Waals surface area contributed by atoms with Gasteiger partial charge in [0.1, 0.15) is 0 Å². The molecule has 0 atom stereocenters. The maximum atomic E-state index is 12.0. The van der Waals surface area contributed by atoms with E-state index >= 15 is 0 Å². The molecule has 0 heterocycles. The fraction of sp³-hybridized carbons (Fsp3) is 0.286. The summed E-state index contributed by atoms with van der Waals surface area (Å²) in [5.74, 6) is 0.822. The van der Waals surface area contributed by atoms with E-state index in [1.54, 1.807) is 18.2 Å². The SMILES string of the molecule is COc1cc(C=NNC(=O)CCC(=O)Nc2cccc(C)c2)cc(OC)c1OC. The number of hydrogen-bond donors (Lipinski definition) is 2. The van der Waals surface area contributed by atoms with E-state index in [9.17, 15) is 9.59 Å². The van der Waals surface area contributed by atoms with Crippen LogP contribution in [-0.4, -0.2) is 39.4 Å². The Labute approximate surface area is 169 Å². The minimum atomic E-state index is -0.368. The van der Waals surface area contributed by atoms with Gasteiger partial charge in [0, 0.05) is 24.1 Å². The molecule has 0 aliphatic carbocycles. The predicted molar refractivity (Wildman–Crippen MR) is 111 cm³/mol. The van der Waals surface area contributed by atoms with Gasteiger partial charge in [-0.3, -0.25) is 9.59 Å². The number of benzene rings is 2. The lowest BCUT2D eigenvalue weighted by atomic mass is 10.2. The number of rotatable bonds is 9. The molecular formula is C21H25N3O5. The fourth-order valence-electron chi connectivity index (χ4n) is 2.58. The lowest BCUT2D eigenvalue weighted by molar-refractivity contribution is -0.124. The van der Waals surface area contributed by atoms with E-state index in [-0.39, 0.29) is 24.7 Å². The van der Waals surface area contributed by atoms with E-state index in [0.717, 1.165) is 5.56 Å². The molecule has 0 saturated carbocycles. The van der Waals surface area contributed by atoms with Gasteiger partial charge in [0.25, 0.3) is 0 Å². The van der Waals surface area contributed by atoms with Gasteiger partial charge in [-0.2, -0.15) is 5.10 Å². The number of nitrogens with one attached hydrogen (secondary N) is 2. The van der Waals surface area contributed by atoms with Crippen LogP contribution in [0.5, 0.6) is 17.2 Å². The van der Waals surface area contributed by atoms with Crippen LogP contribution in [0.25, 0.3) is 0 Å². The van der Waals surface area contributed by atoms with Gasteiger partial charge in [-0.1, -0.05) is 12.1 Å². The molecule has 0 aliphatic heterocycles. The highest BCUT2D eigenvalue weighted by molar-refractivity contribution is 5.93. The normalized spacial score (nSPS) is 10.5. The van der Waals surface area contributed by atoms with Crippen LogP contribution in [0.15, 0.2) is 41.5 Å². The van der Waals surface area contributed by atoms with Crippen molar-refractivity contribution in [1.29, 1.82) is 0 Å². The van der Waals surface area contributed by atoms with E-state index in [4.69, 9.17) is 14.2 Å². The molecular weight excluding hydrogens is 374 g/mol. The second-order valence-electron chi connectivity index (χ2n) is 6.17. The number of aryl methyl sites for hydroxylation is 1. The van der Waals surface area contributed by atoms with Crippen molar-refractivity contribution in [3.05, 3.63) is 47.5 Å². The van der Waals surface area contributed by atoms with Crippen LogP contribution in [0.2, 0.25) is 0 Å². The Morgan fingerprint density at radius 3 is 2.21 bits per heavy atom. The number of hydrogen-bond acceptors (Lipinski definition) is 6. The number of ether oxygens (including phenoxy) is 3. The average Bonchev–Trinajstić information content (AvgIpc) is 2.71. The van der Waals surface area contributed by atoms with Crippen LogP contribution in [0, 0.1) is 6.92 Å². The number of amides is 2. The minimum absolute atomic E-state index is 0.0181. The third kappa shape index (κ3) is 6.53. The van der Waals surface area contributed by atoms with Crippen LogP contribution in [0.4, 0.5) is 5.69 Å². The summed E-state index contributed by atoms with van der Waals surface area (Å²) in [5.41, 5.74) is 4.80. The van der Waals surface area contributed by atoms with E-state index < -0.39 is 0 Å². The van der Waals surface area contributed by atoms with E-state index in [0.29, 0.717) is 28.5 Å². The Balaban J connectivity index is 1.87. The largest absolute Gasteiger partial charge is 0.493 e. The molecule has 0 fully saturated rings. The Kier molecular flexibility index (Phi) is 8.02. The third-order valence-electron chi connectivity index (χ3n) is 3.97. The number of anilines is 1. The summed E-state index contributed by atoms with van der Waals surface area (Å²) in [4.78, 5) is 23.9. The van der Waals surface area contributed by atoms with Gasteiger partial charge in [0.05, 0.1) is 27.5 Å². The fourth-order valence-corrected chi connectivity index (χ4v) is 2.58. The van der Waals surface area contributed by atoms with Crippen molar-refractivity contribution in [2.24, 2.45) is 5.10 Å². The molecule has 0 spiro atoms. The molecule has 29 heavy (non-hydrogen) atoms. The second kappa shape index (κ2) is 10.7. The average molecular weight is 399 g/mol. The highest BCUT2D eigenvalue weighted by Gasteiger charge is 2.12. The van der Waals surface area contributed by atoms with Crippen LogP contribution >= 0.6 is 0 Å². The van der Waals surface area contributed by atoms with Crippen molar-refractivity contribution < 1.29 is 23.8 Å². The minimum Gasteiger partial charge on any atom is -0.493 e. The highest BCUT2D eigenvalue weighted by Crippen LogP contribution is 2.37. The molecule has 2 aromatic rings. The Hall–Kier alpha value is -3.55. The lowest BCUT2D eigenvalue weighted by Gasteiger charge is -2.12. The number of carbonyl (C=O) groups excluding carboxylic acids is 2. The summed E-state index contributed by atoms with van der Waals surface area (Å²) in [6, 6.07) is 10.9. The van der Waals surface area contributed by atoms with Crippen molar-refractivity contribution in [3.63, 3.8) is 0 Å². The molecule has 2 amide bonds. The molecule has 2 rings (SSSR count). The monoisotopic (exact) mass is 399 g/mol. The maximum Gasteiger partial charge on any atom is 0.240 e. The summed E-state index contributed by atoms with van der Waals surface area (Å²) >= 11 is 0. The lowest BCUT2D eigenvalue weighted by Crippen LogP contribution is -2.20. The molecule has 0 aliphatic rings. The van der Waals surface area contributed by atoms with Crippen LogP contribution in [0.3, 0.4) is 0 Å². The zero-order valence-corrected chi connectivity index (χ0v) is 16.9. The van der Waals surface area contributed by atoms with E-state index in [1.165, 1.54) is 27.5 Å². The first-order valence-electron chi connectivity index (χ1n) is 8.95. The topological polar surface area (TPSA) is 98.2 Å². The molecule has 0 unspecified atom stereocenters. The quantitative estimate of drug-likeness (QED) is 0.499. The molecule has 8 heteroatoms. The summed E-state index contributed by atoms with van der Waals surface area (Å²) in [6.07, 6.45) is 1.53. The first-order chi connectivity index (χ1) is 14.0. The molecule has 0 saturated heterocycles. The maximum absolute atomic E-state index is 12.0. The van der Waals surface area contributed by atoms with Crippen LogP contribution in [0.1, 0.15) is 24.0 Å². The van der Waals surface area contributed by atoms with Gasteiger partial charge in [-0.25, -0.2) is 5.43 Å². The Bertz CT molecular complexity index is 871. The zero-order valence-electron chi connectivity index (χ0n) is 16.9. The molecule has 2 N–H and O–H groups in total. The number of hydrazone groups is 1.